The van der Waals surface area contributed by atoms with Crippen LogP contribution in [0.3, 0.4) is 0 Å². The highest BCUT2D eigenvalue weighted by atomic mass is 16.5. The van der Waals surface area contributed by atoms with Crippen LogP contribution in [0, 0.1) is 0 Å². The standard InChI is InChI=1S/C9H19NO/c1-3-4-5-6-9(2)10-7-8-11-9/h10H,3-8H2,1-2H3/t9-/m1/s1. The SMILES string of the molecule is CCCCC[C@]1(C)NCCO1. The maximum atomic E-state index is 5.58. The number of unbranched alkanes of at least 4 members (excludes halogenated alkanes) is 2. The van der Waals surface area contributed by atoms with Gasteiger partial charge in [-0.3, -0.25) is 5.32 Å². The Labute approximate surface area is 69.3 Å². The van der Waals surface area contributed by atoms with Crippen LogP contribution in [0.5, 0.6) is 0 Å². The van der Waals surface area contributed by atoms with Crippen LogP contribution in [0.25, 0.3) is 0 Å². The van der Waals surface area contributed by atoms with Crippen molar-refractivity contribution in [1.29, 1.82) is 0 Å². The minimum Gasteiger partial charge on any atom is -0.360 e. The summed E-state index contributed by atoms with van der Waals surface area (Å²) in [5, 5.41) is 3.37. The fourth-order valence-electron chi connectivity index (χ4n) is 1.52. The maximum absolute atomic E-state index is 5.58. The van der Waals surface area contributed by atoms with E-state index in [2.05, 4.69) is 19.2 Å². The van der Waals surface area contributed by atoms with Gasteiger partial charge >= 0.3 is 0 Å². The maximum Gasteiger partial charge on any atom is 0.116 e. The Morgan fingerprint density at radius 3 is 2.82 bits per heavy atom. The number of hydrogen-bond acceptors (Lipinski definition) is 2. The lowest BCUT2D eigenvalue weighted by molar-refractivity contribution is -0.00241. The monoisotopic (exact) mass is 157 g/mol. The minimum atomic E-state index is -0.00479. The third kappa shape index (κ3) is 2.80. The molecule has 0 spiro atoms. The first-order valence-corrected chi connectivity index (χ1v) is 4.66. The van der Waals surface area contributed by atoms with Gasteiger partial charge < -0.3 is 4.74 Å². The van der Waals surface area contributed by atoms with Crippen LogP contribution < -0.4 is 5.32 Å². The molecule has 1 N–H and O–H groups in total. The summed E-state index contributed by atoms with van der Waals surface area (Å²) in [4.78, 5) is 0. The summed E-state index contributed by atoms with van der Waals surface area (Å²) in [7, 11) is 0. The van der Waals surface area contributed by atoms with Crippen LogP contribution in [-0.4, -0.2) is 18.9 Å². The van der Waals surface area contributed by atoms with Crippen LogP contribution in [-0.2, 0) is 4.74 Å². The van der Waals surface area contributed by atoms with E-state index in [4.69, 9.17) is 4.74 Å². The zero-order valence-corrected chi connectivity index (χ0v) is 7.65. The molecule has 0 saturated carbocycles. The van der Waals surface area contributed by atoms with E-state index >= 15 is 0 Å². The van der Waals surface area contributed by atoms with E-state index in [0.717, 1.165) is 19.6 Å². The van der Waals surface area contributed by atoms with Crippen molar-refractivity contribution in [1.82, 2.24) is 5.32 Å². The summed E-state index contributed by atoms with van der Waals surface area (Å²) in [6.45, 7) is 6.27. The van der Waals surface area contributed by atoms with E-state index < -0.39 is 0 Å². The van der Waals surface area contributed by atoms with E-state index in [9.17, 15) is 0 Å². The van der Waals surface area contributed by atoms with Crippen molar-refractivity contribution in [3.05, 3.63) is 0 Å². The molecule has 2 heteroatoms. The second-order valence-electron chi connectivity index (χ2n) is 3.46. The molecule has 1 aliphatic rings. The zero-order chi connectivity index (χ0) is 8.16. The molecule has 1 rings (SSSR count). The average Bonchev–Trinajstić information content (AvgIpc) is 2.38. The van der Waals surface area contributed by atoms with Crippen LogP contribution in [0.15, 0.2) is 0 Å². The molecule has 1 saturated heterocycles. The van der Waals surface area contributed by atoms with Crippen molar-refractivity contribution in [3.8, 4) is 0 Å². The molecule has 1 fully saturated rings. The summed E-state index contributed by atoms with van der Waals surface area (Å²) in [6, 6.07) is 0. The molecular formula is C9H19NO. The Morgan fingerprint density at radius 1 is 1.45 bits per heavy atom. The fourth-order valence-corrected chi connectivity index (χ4v) is 1.52. The van der Waals surface area contributed by atoms with Gasteiger partial charge in [0.05, 0.1) is 6.61 Å². The van der Waals surface area contributed by atoms with Crippen molar-refractivity contribution < 1.29 is 4.74 Å². The number of rotatable bonds is 4. The molecule has 0 aromatic carbocycles. The lowest BCUT2D eigenvalue weighted by Gasteiger charge is -2.23. The molecule has 0 bridgehead atoms. The van der Waals surface area contributed by atoms with E-state index in [1.54, 1.807) is 0 Å². The van der Waals surface area contributed by atoms with Gasteiger partial charge in [0.15, 0.2) is 0 Å². The van der Waals surface area contributed by atoms with Gasteiger partial charge in [0.25, 0.3) is 0 Å². The number of nitrogens with one attached hydrogen (secondary N) is 1. The molecule has 0 radical (unpaired) electrons. The topological polar surface area (TPSA) is 21.3 Å². The average molecular weight is 157 g/mol. The predicted molar refractivity (Wildman–Crippen MR) is 46.5 cm³/mol. The van der Waals surface area contributed by atoms with Crippen LogP contribution in [0.1, 0.15) is 39.5 Å². The minimum absolute atomic E-state index is 0.00479. The first kappa shape index (κ1) is 9.01. The van der Waals surface area contributed by atoms with E-state index in [0.29, 0.717) is 0 Å². The van der Waals surface area contributed by atoms with Gasteiger partial charge in [0, 0.05) is 6.54 Å². The quantitative estimate of drug-likeness (QED) is 0.629. The number of hydrogen-bond donors (Lipinski definition) is 1. The predicted octanol–water partition coefficient (Wildman–Crippen LogP) is 1.90. The molecule has 1 heterocycles. The molecule has 1 atom stereocenters. The van der Waals surface area contributed by atoms with Crippen molar-refractivity contribution >= 4 is 0 Å². The van der Waals surface area contributed by atoms with Gasteiger partial charge in [-0.15, -0.1) is 0 Å². The van der Waals surface area contributed by atoms with Crippen molar-refractivity contribution in [2.24, 2.45) is 0 Å². The fraction of sp³-hybridized carbons (Fsp3) is 1.00. The van der Waals surface area contributed by atoms with Crippen LogP contribution >= 0.6 is 0 Å². The number of ether oxygens (including phenoxy) is 1. The Bertz CT molecular complexity index is 108. The van der Waals surface area contributed by atoms with Crippen molar-refractivity contribution in [2.45, 2.75) is 45.3 Å². The third-order valence-corrected chi connectivity index (χ3v) is 2.28. The molecule has 0 amide bonds. The summed E-state index contributed by atoms with van der Waals surface area (Å²) in [5.74, 6) is 0. The molecule has 0 aromatic heterocycles. The smallest absolute Gasteiger partial charge is 0.116 e. The van der Waals surface area contributed by atoms with E-state index in [1.165, 1.54) is 19.3 Å². The van der Waals surface area contributed by atoms with Crippen LogP contribution in [0.4, 0.5) is 0 Å². The first-order valence-electron chi connectivity index (χ1n) is 4.66. The molecule has 0 unspecified atom stereocenters. The second kappa shape index (κ2) is 4.07. The largest absolute Gasteiger partial charge is 0.360 e. The van der Waals surface area contributed by atoms with Gasteiger partial charge in [0.1, 0.15) is 5.72 Å². The Kier molecular flexibility index (Phi) is 3.34. The van der Waals surface area contributed by atoms with Gasteiger partial charge in [-0.25, -0.2) is 0 Å². The summed E-state index contributed by atoms with van der Waals surface area (Å²) >= 11 is 0. The van der Waals surface area contributed by atoms with Gasteiger partial charge in [-0.2, -0.15) is 0 Å². The molecule has 2 nitrogen and oxygen atoms in total. The second-order valence-corrected chi connectivity index (χ2v) is 3.46. The molecule has 0 aliphatic carbocycles. The summed E-state index contributed by atoms with van der Waals surface area (Å²) < 4.78 is 5.58. The third-order valence-electron chi connectivity index (χ3n) is 2.28. The highest BCUT2D eigenvalue weighted by Crippen LogP contribution is 2.19. The van der Waals surface area contributed by atoms with Crippen LogP contribution in [0.2, 0.25) is 0 Å². The lowest BCUT2D eigenvalue weighted by Crippen LogP contribution is -2.37. The highest BCUT2D eigenvalue weighted by Gasteiger charge is 2.27. The normalized spacial score (nSPS) is 31.1. The van der Waals surface area contributed by atoms with E-state index in [1.807, 2.05) is 0 Å². The zero-order valence-electron chi connectivity index (χ0n) is 7.65. The molecule has 0 aromatic rings. The summed E-state index contributed by atoms with van der Waals surface area (Å²) in [6.07, 6.45) is 5.04. The van der Waals surface area contributed by atoms with Gasteiger partial charge in [-0.05, 0) is 19.8 Å². The van der Waals surface area contributed by atoms with Gasteiger partial charge in [-0.1, -0.05) is 19.8 Å². The molecule has 11 heavy (non-hydrogen) atoms. The lowest BCUT2D eigenvalue weighted by atomic mass is 10.1. The Balaban J connectivity index is 2.13. The van der Waals surface area contributed by atoms with E-state index in [-0.39, 0.29) is 5.72 Å². The Hall–Kier alpha value is -0.0800. The highest BCUT2D eigenvalue weighted by molar-refractivity contribution is 4.77. The van der Waals surface area contributed by atoms with Crippen molar-refractivity contribution in [2.75, 3.05) is 13.2 Å². The van der Waals surface area contributed by atoms with Crippen molar-refractivity contribution in [3.63, 3.8) is 0 Å². The summed E-state index contributed by atoms with van der Waals surface area (Å²) in [5.41, 5.74) is -0.00479. The molecular weight excluding hydrogens is 138 g/mol. The Morgan fingerprint density at radius 2 is 2.27 bits per heavy atom. The molecule has 1 aliphatic heterocycles. The first-order chi connectivity index (χ1) is 5.27. The van der Waals surface area contributed by atoms with Gasteiger partial charge in [0.2, 0.25) is 0 Å². The molecule has 66 valence electrons.